The number of pyridine rings is 1. The van der Waals surface area contributed by atoms with Crippen LogP contribution >= 0.6 is 0 Å². The predicted octanol–water partition coefficient (Wildman–Crippen LogP) is -0.0435. The smallest absolute Gasteiger partial charge is 0.321 e. The van der Waals surface area contributed by atoms with Crippen LogP contribution in [0.25, 0.3) is 10.8 Å². The minimum Gasteiger partial charge on any atom is -0.480 e. The molecule has 0 radical (unpaired) electrons. The van der Waals surface area contributed by atoms with E-state index in [2.05, 4.69) is 15.0 Å². The molecule has 2 aromatic rings. The summed E-state index contributed by atoms with van der Waals surface area (Å²) >= 11 is 0. The van der Waals surface area contributed by atoms with Gasteiger partial charge in [-0.3, -0.25) is 9.78 Å². The Bertz CT molecular complexity index is 939. The zero-order valence-corrected chi connectivity index (χ0v) is 16.1. The molecule has 10 nitrogen and oxygen atoms in total. The number of fused-ring (bicyclic) bond motifs is 1. The highest BCUT2D eigenvalue weighted by atomic mass is 32.2. The maximum absolute atomic E-state index is 12.2. The summed E-state index contributed by atoms with van der Waals surface area (Å²) in [6, 6.07) is 4.83. The van der Waals surface area contributed by atoms with E-state index >= 15 is 0 Å². The Hall–Kier alpha value is -2.76. The quantitative estimate of drug-likeness (QED) is 0.552. The zero-order valence-electron chi connectivity index (χ0n) is 15.3. The highest BCUT2D eigenvalue weighted by molar-refractivity contribution is 7.89. The number of primary amides is 1. The first-order chi connectivity index (χ1) is 13.2. The molecule has 5 N–H and O–H groups in total. The Labute approximate surface area is 162 Å². The van der Waals surface area contributed by atoms with Crippen LogP contribution in [-0.4, -0.2) is 67.6 Å². The molecule has 0 aliphatic carbocycles. The highest BCUT2D eigenvalue weighted by Gasteiger charge is 2.23. The van der Waals surface area contributed by atoms with Gasteiger partial charge >= 0.3 is 12.0 Å². The fraction of sp³-hybridized carbons (Fsp3) is 0.353. The van der Waals surface area contributed by atoms with Gasteiger partial charge in [-0.25, -0.2) is 13.2 Å². The van der Waals surface area contributed by atoms with Crippen LogP contribution in [0, 0.1) is 0 Å². The second-order valence-corrected chi connectivity index (χ2v) is 7.79. The molecule has 1 aliphatic rings. The number of sulfonamides is 1. The second kappa shape index (κ2) is 9.44. The first kappa shape index (κ1) is 21.5. The van der Waals surface area contributed by atoms with Crippen LogP contribution in [0.2, 0.25) is 0 Å². The molecular weight excluding hydrogens is 386 g/mol. The second-order valence-electron chi connectivity index (χ2n) is 6.11. The number of carboxylic acids is 1. The van der Waals surface area contributed by atoms with Crippen molar-refractivity contribution in [2.24, 2.45) is 5.73 Å². The number of carbonyl (C=O) groups excluding carboxylic acids is 1. The SMILES string of the molecule is C[C@H](NS(=O)(=O)c1cccc2cnccc12)C(=O)O.NC(=O)N1CCNCC1. The number of aliphatic carboxylic acids is 1. The van der Waals surface area contributed by atoms with Gasteiger partial charge in [0.05, 0.1) is 4.90 Å². The van der Waals surface area contributed by atoms with Gasteiger partial charge in [0, 0.05) is 49.3 Å². The summed E-state index contributed by atoms with van der Waals surface area (Å²) in [4.78, 5) is 26.8. The molecule has 1 aromatic heterocycles. The number of nitrogens with zero attached hydrogens (tertiary/aromatic N) is 2. The molecule has 11 heteroatoms. The molecule has 1 fully saturated rings. The van der Waals surface area contributed by atoms with Crippen LogP contribution in [0.3, 0.4) is 0 Å². The number of carbonyl (C=O) groups is 2. The summed E-state index contributed by atoms with van der Waals surface area (Å²) in [6.45, 7) is 4.49. The van der Waals surface area contributed by atoms with Crippen molar-refractivity contribution in [3.05, 3.63) is 36.7 Å². The van der Waals surface area contributed by atoms with Crippen LogP contribution in [-0.2, 0) is 14.8 Å². The number of benzene rings is 1. The number of nitrogens with two attached hydrogens (primary N) is 1. The van der Waals surface area contributed by atoms with Crippen LogP contribution in [0.4, 0.5) is 4.79 Å². The van der Waals surface area contributed by atoms with Crippen molar-refractivity contribution >= 4 is 32.8 Å². The monoisotopic (exact) mass is 409 g/mol. The Morgan fingerprint density at radius 2 is 1.96 bits per heavy atom. The number of aromatic nitrogens is 1. The number of nitrogens with one attached hydrogen (secondary N) is 2. The van der Waals surface area contributed by atoms with E-state index in [9.17, 15) is 18.0 Å². The van der Waals surface area contributed by atoms with Gasteiger partial charge in [-0.15, -0.1) is 0 Å². The van der Waals surface area contributed by atoms with E-state index in [4.69, 9.17) is 10.8 Å². The number of hydrogen-bond donors (Lipinski definition) is 4. The summed E-state index contributed by atoms with van der Waals surface area (Å²) in [5.41, 5.74) is 5.03. The van der Waals surface area contributed by atoms with Gasteiger partial charge in [-0.1, -0.05) is 12.1 Å². The molecule has 2 amide bonds. The standard InChI is InChI=1S/C12H12N2O4S.C5H11N3O/c1-8(12(15)16)14-19(17,18)11-4-2-3-9-7-13-6-5-10(9)11;6-5(9)8-3-1-7-2-4-8/h2-8,14H,1H3,(H,15,16);7H,1-4H2,(H2,6,9)/t8-;/m0./s1. The average Bonchev–Trinajstić information content (AvgIpc) is 2.68. The summed E-state index contributed by atoms with van der Waals surface area (Å²) in [5.74, 6) is -1.23. The van der Waals surface area contributed by atoms with Crippen LogP contribution in [0.15, 0.2) is 41.6 Å². The van der Waals surface area contributed by atoms with Crippen molar-refractivity contribution in [1.82, 2.24) is 19.9 Å². The van der Waals surface area contributed by atoms with Gasteiger partial charge in [0.2, 0.25) is 10.0 Å². The van der Waals surface area contributed by atoms with Crippen LogP contribution in [0.5, 0.6) is 0 Å². The van der Waals surface area contributed by atoms with Crippen molar-refractivity contribution in [1.29, 1.82) is 0 Å². The average molecular weight is 409 g/mol. The number of hydrogen-bond acceptors (Lipinski definition) is 6. The molecule has 3 rings (SSSR count). The van der Waals surface area contributed by atoms with Crippen LogP contribution < -0.4 is 15.8 Å². The molecule has 0 saturated carbocycles. The molecule has 28 heavy (non-hydrogen) atoms. The van der Waals surface area contributed by atoms with E-state index < -0.39 is 22.0 Å². The molecule has 1 atom stereocenters. The van der Waals surface area contributed by atoms with Gasteiger partial charge in [0.25, 0.3) is 0 Å². The van der Waals surface area contributed by atoms with Crippen molar-refractivity contribution in [2.75, 3.05) is 26.2 Å². The molecule has 2 heterocycles. The van der Waals surface area contributed by atoms with E-state index in [1.165, 1.54) is 19.2 Å². The molecule has 1 aromatic carbocycles. The number of rotatable bonds is 4. The normalized spacial score (nSPS) is 15.4. The number of piperazine rings is 1. The summed E-state index contributed by atoms with van der Waals surface area (Å²) in [7, 11) is -3.89. The molecule has 0 spiro atoms. The summed E-state index contributed by atoms with van der Waals surface area (Å²) < 4.78 is 26.4. The lowest BCUT2D eigenvalue weighted by Gasteiger charge is -2.25. The molecular formula is C17H23N5O5S. The zero-order chi connectivity index (χ0) is 20.7. The topological polar surface area (TPSA) is 155 Å². The Balaban J connectivity index is 0.000000261. The maximum atomic E-state index is 12.2. The van der Waals surface area contributed by atoms with E-state index in [-0.39, 0.29) is 10.9 Å². The lowest BCUT2D eigenvalue weighted by Crippen LogP contribution is -2.48. The van der Waals surface area contributed by atoms with E-state index in [1.54, 1.807) is 29.3 Å². The van der Waals surface area contributed by atoms with Crippen molar-refractivity contribution in [3.63, 3.8) is 0 Å². The number of urea groups is 1. The summed E-state index contributed by atoms with van der Waals surface area (Å²) in [5, 5.41) is 13.1. The predicted molar refractivity (Wildman–Crippen MR) is 103 cm³/mol. The third kappa shape index (κ3) is 5.62. The van der Waals surface area contributed by atoms with E-state index in [1.807, 2.05) is 0 Å². The van der Waals surface area contributed by atoms with Crippen molar-refractivity contribution in [3.8, 4) is 0 Å². The lowest BCUT2D eigenvalue weighted by atomic mass is 10.2. The minimum atomic E-state index is -3.89. The molecule has 0 bridgehead atoms. The highest BCUT2D eigenvalue weighted by Crippen LogP contribution is 2.21. The maximum Gasteiger partial charge on any atom is 0.321 e. The van der Waals surface area contributed by atoms with Crippen LogP contribution in [0.1, 0.15) is 6.92 Å². The molecule has 1 aliphatic heterocycles. The lowest BCUT2D eigenvalue weighted by molar-refractivity contribution is -0.138. The molecule has 152 valence electrons. The summed E-state index contributed by atoms with van der Waals surface area (Å²) in [6.07, 6.45) is 3.04. The third-order valence-electron chi connectivity index (χ3n) is 4.06. The first-order valence-corrected chi connectivity index (χ1v) is 10.0. The number of carboxylic acid groups (broad SMARTS) is 1. The van der Waals surface area contributed by atoms with Gasteiger partial charge in [0.1, 0.15) is 6.04 Å². The molecule has 1 saturated heterocycles. The van der Waals surface area contributed by atoms with E-state index in [0.29, 0.717) is 10.8 Å². The molecule has 0 unspecified atom stereocenters. The Kier molecular flexibility index (Phi) is 7.26. The Morgan fingerprint density at radius 3 is 2.54 bits per heavy atom. The first-order valence-electron chi connectivity index (χ1n) is 8.55. The van der Waals surface area contributed by atoms with Gasteiger partial charge in [0.15, 0.2) is 0 Å². The largest absolute Gasteiger partial charge is 0.480 e. The van der Waals surface area contributed by atoms with Crippen molar-refractivity contribution < 1.29 is 23.1 Å². The third-order valence-corrected chi connectivity index (χ3v) is 5.66. The van der Waals surface area contributed by atoms with Gasteiger partial charge < -0.3 is 21.1 Å². The Morgan fingerprint density at radius 1 is 1.29 bits per heavy atom. The fourth-order valence-corrected chi connectivity index (χ4v) is 3.99. The van der Waals surface area contributed by atoms with Gasteiger partial charge in [-0.05, 0) is 19.1 Å². The van der Waals surface area contributed by atoms with Gasteiger partial charge in [-0.2, -0.15) is 4.72 Å². The van der Waals surface area contributed by atoms with Crippen molar-refractivity contribution in [2.45, 2.75) is 17.9 Å². The van der Waals surface area contributed by atoms with E-state index in [0.717, 1.165) is 26.2 Å². The fourth-order valence-electron chi connectivity index (χ4n) is 2.56. The number of amides is 2. The minimum absolute atomic E-state index is 0.0421.